The highest BCUT2D eigenvalue weighted by molar-refractivity contribution is 5.85. The molecule has 0 aromatic carbocycles. The molecule has 2 atom stereocenters. The Bertz CT molecular complexity index is 541. The van der Waals surface area contributed by atoms with Crippen LogP contribution in [0.1, 0.15) is 50.6 Å². The fourth-order valence-electron chi connectivity index (χ4n) is 3.32. The highest BCUT2D eigenvalue weighted by Crippen LogP contribution is 2.17. The van der Waals surface area contributed by atoms with Gasteiger partial charge < -0.3 is 10.6 Å². The number of carbonyl (C=O) groups excluding carboxylic acids is 1. The zero-order valence-corrected chi connectivity index (χ0v) is 16.5. The SMILES string of the molecule is Cc1nn(CC(C)C)c(C)c1CCC(=O)NC1CNCCC1C.Cl. The summed E-state index contributed by atoms with van der Waals surface area (Å²) in [6.07, 6.45) is 2.44. The summed E-state index contributed by atoms with van der Waals surface area (Å²) in [6, 6.07) is 0.266. The zero-order valence-electron chi connectivity index (χ0n) is 15.7. The molecule has 5 nitrogen and oxygen atoms in total. The minimum Gasteiger partial charge on any atom is -0.352 e. The lowest BCUT2D eigenvalue weighted by atomic mass is 9.94. The van der Waals surface area contributed by atoms with E-state index in [1.165, 1.54) is 11.3 Å². The van der Waals surface area contributed by atoms with Gasteiger partial charge in [0.1, 0.15) is 0 Å². The number of nitrogens with zero attached hydrogens (tertiary/aromatic N) is 2. The van der Waals surface area contributed by atoms with Crippen LogP contribution in [-0.4, -0.2) is 34.8 Å². The summed E-state index contributed by atoms with van der Waals surface area (Å²) >= 11 is 0. The summed E-state index contributed by atoms with van der Waals surface area (Å²) in [5.41, 5.74) is 3.50. The molecule has 0 aliphatic carbocycles. The number of hydrogen-bond donors (Lipinski definition) is 2. The number of amides is 1. The molecule has 1 aromatic rings. The molecular weight excluding hydrogens is 324 g/mol. The van der Waals surface area contributed by atoms with Crippen LogP contribution in [0.15, 0.2) is 0 Å². The van der Waals surface area contributed by atoms with Gasteiger partial charge in [-0.3, -0.25) is 9.48 Å². The molecule has 1 aromatic heterocycles. The molecule has 0 bridgehead atoms. The number of rotatable bonds is 6. The van der Waals surface area contributed by atoms with Gasteiger partial charge in [-0.1, -0.05) is 20.8 Å². The standard InChI is InChI=1S/C18H32N4O.ClH/c1-12(2)11-22-15(5)16(14(4)21-22)6-7-18(23)20-17-10-19-9-8-13(17)3;/h12-13,17,19H,6-11H2,1-5H3,(H,20,23);1H. The first-order valence-corrected chi connectivity index (χ1v) is 8.91. The fourth-order valence-corrected chi connectivity index (χ4v) is 3.32. The number of aryl methyl sites for hydroxylation is 1. The molecule has 138 valence electrons. The van der Waals surface area contributed by atoms with Crippen LogP contribution in [0.3, 0.4) is 0 Å². The predicted molar refractivity (Wildman–Crippen MR) is 101 cm³/mol. The van der Waals surface area contributed by atoms with Crippen LogP contribution in [0, 0.1) is 25.7 Å². The Hall–Kier alpha value is -1.07. The van der Waals surface area contributed by atoms with Crippen LogP contribution < -0.4 is 10.6 Å². The first kappa shape index (κ1) is 21.0. The molecule has 1 fully saturated rings. The molecule has 0 spiro atoms. The molecule has 1 aliphatic rings. The zero-order chi connectivity index (χ0) is 17.0. The molecule has 0 radical (unpaired) electrons. The Balaban J connectivity index is 0.00000288. The fraction of sp³-hybridized carbons (Fsp3) is 0.778. The maximum Gasteiger partial charge on any atom is 0.220 e. The van der Waals surface area contributed by atoms with Crippen LogP contribution >= 0.6 is 12.4 Å². The van der Waals surface area contributed by atoms with Crippen LogP contribution in [0.4, 0.5) is 0 Å². The summed E-state index contributed by atoms with van der Waals surface area (Å²) in [4.78, 5) is 12.3. The Morgan fingerprint density at radius 2 is 2.12 bits per heavy atom. The second-order valence-electron chi connectivity index (χ2n) is 7.37. The third-order valence-corrected chi connectivity index (χ3v) is 4.85. The van der Waals surface area contributed by atoms with Crippen molar-refractivity contribution in [2.24, 2.45) is 11.8 Å². The summed E-state index contributed by atoms with van der Waals surface area (Å²) in [5.74, 6) is 1.28. The van der Waals surface area contributed by atoms with Gasteiger partial charge in [-0.05, 0) is 50.6 Å². The largest absolute Gasteiger partial charge is 0.352 e. The van der Waals surface area contributed by atoms with E-state index in [1.807, 2.05) is 6.92 Å². The average molecular weight is 357 g/mol. The first-order chi connectivity index (χ1) is 10.9. The molecule has 2 rings (SSSR count). The Labute approximate surface area is 152 Å². The lowest BCUT2D eigenvalue weighted by Crippen LogP contribution is -2.50. The first-order valence-electron chi connectivity index (χ1n) is 8.91. The highest BCUT2D eigenvalue weighted by atomic mass is 35.5. The molecular formula is C18H33ClN4O. The maximum absolute atomic E-state index is 12.3. The van der Waals surface area contributed by atoms with Gasteiger partial charge in [0.25, 0.3) is 0 Å². The van der Waals surface area contributed by atoms with Crippen molar-refractivity contribution in [3.8, 4) is 0 Å². The van der Waals surface area contributed by atoms with E-state index in [4.69, 9.17) is 0 Å². The Morgan fingerprint density at radius 3 is 2.75 bits per heavy atom. The van der Waals surface area contributed by atoms with Gasteiger partial charge in [-0.2, -0.15) is 5.10 Å². The summed E-state index contributed by atoms with van der Waals surface area (Å²) in [6.45, 7) is 13.7. The van der Waals surface area contributed by atoms with Crippen molar-refractivity contribution in [1.29, 1.82) is 0 Å². The van der Waals surface area contributed by atoms with Gasteiger partial charge >= 0.3 is 0 Å². The van der Waals surface area contributed by atoms with Crippen molar-refractivity contribution >= 4 is 18.3 Å². The Morgan fingerprint density at radius 1 is 1.42 bits per heavy atom. The van der Waals surface area contributed by atoms with Crippen molar-refractivity contribution < 1.29 is 4.79 Å². The lowest BCUT2D eigenvalue weighted by molar-refractivity contribution is -0.122. The molecule has 0 saturated carbocycles. The molecule has 1 amide bonds. The third kappa shape index (κ3) is 5.49. The molecule has 2 unspecified atom stereocenters. The van der Waals surface area contributed by atoms with E-state index in [9.17, 15) is 4.79 Å². The van der Waals surface area contributed by atoms with E-state index in [-0.39, 0.29) is 24.4 Å². The summed E-state index contributed by atoms with van der Waals surface area (Å²) in [7, 11) is 0. The molecule has 2 heterocycles. The van der Waals surface area contributed by atoms with Gasteiger partial charge in [-0.15, -0.1) is 12.4 Å². The number of aromatic nitrogens is 2. The van der Waals surface area contributed by atoms with E-state index < -0.39 is 0 Å². The van der Waals surface area contributed by atoms with Crippen molar-refractivity contribution in [3.05, 3.63) is 17.0 Å². The second-order valence-corrected chi connectivity index (χ2v) is 7.37. The van der Waals surface area contributed by atoms with E-state index >= 15 is 0 Å². The van der Waals surface area contributed by atoms with Crippen LogP contribution in [0.2, 0.25) is 0 Å². The van der Waals surface area contributed by atoms with E-state index in [0.717, 1.165) is 38.2 Å². The van der Waals surface area contributed by atoms with E-state index in [1.54, 1.807) is 0 Å². The van der Waals surface area contributed by atoms with Gasteiger partial charge in [0.2, 0.25) is 5.91 Å². The normalized spacial score (nSPS) is 20.8. The number of carbonyl (C=O) groups is 1. The third-order valence-electron chi connectivity index (χ3n) is 4.85. The number of halogens is 1. The molecule has 6 heteroatoms. The van der Waals surface area contributed by atoms with Gasteiger partial charge in [-0.25, -0.2) is 0 Å². The summed E-state index contributed by atoms with van der Waals surface area (Å²) in [5, 5.41) is 11.2. The van der Waals surface area contributed by atoms with Crippen molar-refractivity contribution in [1.82, 2.24) is 20.4 Å². The lowest BCUT2D eigenvalue weighted by Gasteiger charge is -2.30. The second kappa shape index (κ2) is 9.42. The molecule has 24 heavy (non-hydrogen) atoms. The minimum atomic E-state index is 0. The number of hydrogen-bond acceptors (Lipinski definition) is 3. The number of piperidine rings is 1. The molecule has 1 saturated heterocycles. The van der Waals surface area contributed by atoms with Crippen LogP contribution in [0.25, 0.3) is 0 Å². The van der Waals surface area contributed by atoms with Crippen LogP contribution in [0.5, 0.6) is 0 Å². The quantitative estimate of drug-likeness (QED) is 0.823. The molecule has 1 aliphatic heterocycles. The average Bonchev–Trinajstić information content (AvgIpc) is 2.73. The topological polar surface area (TPSA) is 59.0 Å². The van der Waals surface area contributed by atoms with Gasteiger partial charge in [0.15, 0.2) is 0 Å². The monoisotopic (exact) mass is 356 g/mol. The van der Waals surface area contributed by atoms with E-state index in [0.29, 0.717) is 18.3 Å². The van der Waals surface area contributed by atoms with Crippen LogP contribution in [-0.2, 0) is 17.8 Å². The summed E-state index contributed by atoms with van der Waals surface area (Å²) < 4.78 is 2.08. The molecule has 2 N–H and O–H groups in total. The smallest absolute Gasteiger partial charge is 0.220 e. The van der Waals surface area contributed by atoms with Gasteiger partial charge in [0.05, 0.1) is 5.69 Å². The van der Waals surface area contributed by atoms with Crippen molar-refractivity contribution in [3.63, 3.8) is 0 Å². The van der Waals surface area contributed by atoms with Crippen molar-refractivity contribution in [2.75, 3.05) is 13.1 Å². The maximum atomic E-state index is 12.3. The van der Waals surface area contributed by atoms with E-state index in [2.05, 4.69) is 48.1 Å². The predicted octanol–water partition coefficient (Wildman–Crippen LogP) is 2.62. The van der Waals surface area contributed by atoms with Crippen molar-refractivity contribution in [2.45, 2.75) is 66.5 Å². The highest BCUT2D eigenvalue weighted by Gasteiger charge is 2.22. The van der Waals surface area contributed by atoms with Gasteiger partial charge in [0, 0.05) is 31.2 Å². The number of nitrogens with one attached hydrogen (secondary N) is 2. The minimum absolute atomic E-state index is 0. The Kier molecular flexibility index (Phi) is 8.23.